The van der Waals surface area contributed by atoms with Crippen molar-refractivity contribution in [1.82, 2.24) is 0 Å². The maximum Gasteiger partial charge on any atom is 0.331 e. The standard InChI is InChI=1S/C12H12Cl2O3/c1-2-8(12(15)16)5-6-17-11-7-9(13)3-4-10(11)14/h3-5,7H,2,6H2,1H3,(H,15,16). The summed E-state index contributed by atoms with van der Waals surface area (Å²) in [5, 5.41) is 9.76. The van der Waals surface area contributed by atoms with E-state index in [1.165, 1.54) is 6.08 Å². The molecular formula is C12H12Cl2O3. The smallest absolute Gasteiger partial charge is 0.331 e. The summed E-state index contributed by atoms with van der Waals surface area (Å²) in [6.45, 7) is 1.92. The molecule has 0 heterocycles. The molecule has 0 bridgehead atoms. The number of carbonyl (C=O) groups is 1. The van der Waals surface area contributed by atoms with Gasteiger partial charge >= 0.3 is 5.97 Å². The first-order valence-corrected chi connectivity index (χ1v) is 5.80. The highest BCUT2D eigenvalue weighted by molar-refractivity contribution is 6.34. The zero-order chi connectivity index (χ0) is 12.8. The third kappa shape index (κ3) is 4.29. The second-order valence-corrected chi connectivity index (χ2v) is 4.12. The molecule has 0 aromatic heterocycles. The van der Waals surface area contributed by atoms with Gasteiger partial charge < -0.3 is 9.84 Å². The number of hydrogen-bond donors (Lipinski definition) is 1. The minimum atomic E-state index is -0.937. The maximum absolute atomic E-state index is 10.7. The van der Waals surface area contributed by atoms with Crippen LogP contribution in [0.3, 0.4) is 0 Å². The molecule has 0 saturated carbocycles. The van der Waals surface area contributed by atoms with E-state index in [9.17, 15) is 4.79 Å². The van der Waals surface area contributed by atoms with Crippen molar-refractivity contribution in [3.63, 3.8) is 0 Å². The molecular weight excluding hydrogens is 263 g/mol. The average Bonchev–Trinajstić information content (AvgIpc) is 2.28. The van der Waals surface area contributed by atoms with Gasteiger partial charge in [-0.15, -0.1) is 0 Å². The highest BCUT2D eigenvalue weighted by Crippen LogP contribution is 2.27. The van der Waals surface area contributed by atoms with E-state index in [1.54, 1.807) is 25.1 Å². The Hall–Kier alpha value is -1.19. The van der Waals surface area contributed by atoms with Crippen LogP contribution >= 0.6 is 23.2 Å². The van der Waals surface area contributed by atoms with Crippen LogP contribution in [-0.2, 0) is 4.79 Å². The number of carboxylic acid groups (broad SMARTS) is 1. The van der Waals surface area contributed by atoms with Crippen molar-refractivity contribution in [2.75, 3.05) is 6.61 Å². The van der Waals surface area contributed by atoms with E-state index in [1.807, 2.05) is 0 Å². The van der Waals surface area contributed by atoms with Crippen LogP contribution in [0.1, 0.15) is 13.3 Å². The molecule has 0 saturated heterocycles. The molecule has 1 aromatic carbocycles. The van der Waals surface area contributed by atoms with Crippen molar-refractivity contribution in [3.8, 4) is 5.75 Å². The SMILES string of the molecule is CCC(=CCOc1cc(Cl)ccc1Cl)C(=O)O. The molecule has 5 heteroatoms. The molecule has 3 nitrogen and oxygen atoms in total. The molecule has 0 amide bonds. The molecule has 0 spiro atoms. The van der Waals surface area contributed by atoms with Crippen LogP contribution in [0.5, 0.6) is 5.75 Å². The lowest BCUT2D eigenvalue weighted by atomic mass is 10.2. The van der Waals surface area contributed by atoms with E-state index in [4.69, 9.17) is 33.0 Å². The van der Waals surface area contributed by atoms with Crippen LogP contribution in [0.4, 0.5) is 0 Å². The number of hydrogen-bond acceptors (Lipinski definition) is 2. The third-order valence-electron chi connectivity index (χ3n) is 2.12. The quantitative estimate of drug-likeness (QED) is 0.831. The lowest BCUT2D eigenvalue weighted by Crippen LogP contribution is -2.03. The molecule has 0 aliphatic rings. The monoisotopic (exact) mass is 274 g/mol. The second-order valence-electron chi connectivity index (χ2n) is 3.27. The lowest BCUT2D eigenvalue weighted by Gasteiger charge is -2.06. The normalized spacial score (nSPS) is 11.4. The van der Waals surface area contributed by atoms with E-state index in [0.717, 1.165) is 0 Å². The minimum Gasteiger partial charge on any atom is -0.488 e. The molecule has 17 heavy (non-hydrogen) atoms. The summed E-state index contributed by atoms with van der Waals surface area (Å²) in [5.41, 5.74) is 0.308. The van der Waals surface area contributed by atoms with Crippen molar-refractivity contribution < 1.29 is 14.6 Å². The van der Waals surface area contributed by atoms with Gasteiger partial charge in [-0.2, -0.15) is 0 Å². The minimum absolute atomic E-state index is 0.148. The Morgan fingerprint density at radius 3 is 2.76 bits per heavy atom. The predicted octanol–water partition coefficient (Wildman–Crippen LogP) is 3.79. The summed E-state index contributed by atoms with van der Waals surface area (Å²) in [6, 6.07) is 4.87. The van der Waals surface area contributed by atoms with Gasteiger partial charge in [-0.05, 0) is 24.6 Å². The van der Waals surface area contributed by atoms with E-state index < -0.39 is 5.97 Å². The first-order valence-electron chi connectivity index (χ1n) is 5.04. The summed E-state index contributed by atoms with van der Waals surface area (Å²) in [7, 11) is 0. The van der Waals surface area contributed by atoms with Crippen LogP contribution < -0.4 is 4.74 Å². The lowest BCUT2D eigenvalue weighted by molar-refractivity contribution is -0.132. The van der Waals surface area contributed by atoms with E-state index in [-0.39, 0.29) is 6.61 Å². The Morgan fingerprint density at radius 2 is 2.18 bits per heavy atom. The number of rotatable bonds is 5. The summed E-state index contributed by atoms with van der Waals surface area (Å²) in [6.07, 6.45) is 1.96. The molecule has 1 aromatic rings. The van der Waals surface area contributed by atoms with Gasteiger partial charge in [0.25, 0.3) is 0 Å². The predicted molar refractivity (Wildman–Crippen MR) is 68.0 cm³/mol. The molecule has 92 valence electrons. The van der Waals surface area contributed by atoms with Crippen LogP contribution in [0.25, 0.3) is 0 Å². The first kappa shape index (κ1) is 13.9. The Kier molecular flexibility index (Phi) is 5.32. The van der Waals surface area contributed by atoms with Crippen molar-refractivity contribution in [2.45, 2.75) is 13.3 Å². The van der Waals surface area contributed by atoms with Gasteiger partial charge in [0.05, 0.1) is 5.02 Å². The van der Waals surface area contributed by atoms with Crippen LogP contribution in [0.15, 0.2) is 29.8 Å². The fourth-order valence-electron chi connectivity index (χ4n) is 1.20. The second kappa shape index (κ2) is 6.52. The maximum atomic E-state index is 10.7. The highest BCUT2D eigenvalue weighted by Gasteiger charge is 2.05. The largest absolute Gasteiger partial charge is 0.488 e. The Morgan fingerprint density at radius 1 is 1.47 bits per heavy atom. The third-order valence-corrected chi connectivity index (χ3v) is 2.66. The van der Waals surface area contributed by atoms with Crippen molar-refractivity contribution in [1.29, 1.82) is 0 Å². The highest BCUT2D eigenvalue weighted by atomic mass is 35.5. The van der Waals surface area contributed by atoms with Crippen LogP contribution in [0, 0.1) is 0 Å². The van der Waals surface area contributed by atoms with Crippen LogP contribution in [-0.4, -0.2) is 17.7 Å². The molecule has 0 radical (unpaired) electrons. The summed E-state index contributed by atoms with van der Waals surface area (Å²) >= 11 is 11.7. The fraction of sp³-hybridized carbons (Fsp3) is 0.250. The van der Waals surface area contributed by atoms with Gasteiger partial charge in [0.2, 0.25) is 0 Å². The Labute approximate surface area is 110 Å². The summed E-state index contributed by atoms with van der Waals surface area (Å²) < 4.78 is 5.34. The number of carboxylic acids is 1. The molecule has 0 aliphatic carbocycles. The first-order chi connectivity index (χ1) is 8.04. The average molecular weight is 275 g/mol. The molecule has 1 N–H and O–H groups in total. The van der Waals surface area contributed by atoms with E-state index >= 15 is 0 Å². The molecule has 0 aliphatic heterocycles. The zero-order valence-corrected chi connectivity index (χ0v) is 10.8. The van der Waals surface area contributed by atoms with Gasteiger partial charge in [-0.1, -0.05) is 30.1 Å². The van der Waals surface area contributed by atoms with Crippen molar-refractivity contribution >= 4 is 29.2 Å². The Bertz CT molecular complexity index is 441. The summed E-state index contributed by atoms with van der Waals surface area (Å²) in [5.74, 6) is -0.496. The number of ether oxygens (including phenoxy) is 1. The summed E-state index contributed by atoms with van der Waals surface area (Å²) in [4.78, 5) is 10.7. The van der Waals surface area contributed by atoms with Gasteiger partial charge in [-0.3, -0.25) is 0 Å². The molecule has 0 unspecified atom stereocenters. The van der Waals surface area contributed by atoms with E-state index in [0.29, 0.717) is 27.8 Å². The number of aliphatic carboxylic acids is 1. The van der Waals surface area contributed by atoms with Gasteiger partial charge in [-0.25, -0.2) is 4.79 Å². The number of halogens is 2. The van der Waals surface area contributed by atoms with Gasteiger partial charge in [0, 0.05) is 16.7 Å². The molecule has 0 atom stereocenters. The number of benzene rings is 1. The Balaban J connectivity index is 2.67. The topological polar surface area (TPSA) is 46.5 Å². The fourth-order valence-corrected chi connectivity index (χ4v) is 1.54. The van der Waals surface area contributed by atoms with Crippen LogP contribution in [0.2, 0.25) is 10.0 Å². The molecule has 0 fully saturated rings. The molecule has 1 rings (SSSR count). The van der Waals surface area contributed by atoms with E-state index in [2.05, 4.69) is 0 Å². The van der Waals surface area contributed by atoms with Gasteiger partial charge in [0.15, 0.2) is 0 Å². The zero-order valence-electron chi connectivity index (χ0n) is 9.24. The van der Waals surface area contributed by atoms with Gasteiger partial charge in [0.1, 0.15) is 12.4 Å². The van der Waals surface area contributed by atoms with Crippen molar-refractivity contribution in [3.05, 3.63) is 39.9 Å². The van der Waals surface area contributed by atoms with Crippen molar-refractivity contribution in [2.24, 2.45) is 0 Å².